The molecule has 1 rings (SSSR count). The summed E-state index contributed by atoms with van der Waals surface area (Å²) < 4.78 is 5.68. The highest BCUT2D eigenvalue weighted by atomic mass is 32.1. The van der Waals surface area contributed by atoms with Gasteiger partial charge in [0.05, 0.1) is 12.3 Å². The molecule has 5 heteroatoms. The van der Waals surface area contributed by atoms with Gasteiger partial charge < -0.3 is 10.1 Å². The highest BCUT2D eigenvalue weighted by Gasteiger charge is 2.02. The summed E-state index contributed by atoms with van der Waals surface area (Å²) in [4.78, 5) is 0. The standard InChI is InChI=1S/C13H19N3OS/c1-4-14-13(18)16-15-9-11-7-5-6-8-12(11)17-10(2)3/h5-10H,4H2,1-3H3,(H2,14,16,18)/b15-9-. The Morgan fingerprint density at radius 3 is 2.83 bits per heavy atom. The van der Waals surface area contributed by atoms with E-state index < -0.39 is 0 Å². The Balaban J connectivity index is 2.65. The van der Waals surface area contributed by atoms with Crippen LogP contribution in [0.15, 0.2) is 29.4 Å². The number of ether oxygens (including phenoxy) is 1. The monoisotopic (exact) mass is 265 g/mol. The minimum absolute atomic E-state index is 0.135. The molecule has 4 nitrogen and oxygen atoms in total. The molecule has 0 amide bonds. The Labute approximate surface area is 113 Å². The second-order valence-corrected chi connectivity index (χ2v) is 4.34. The maximum absolute atomic E-state index is 5.68. The number of rotatable bonds is 5. The highest BCUT2D eigenvalue weighted by Crippen LogP contribution is 2.17. The number of nitrogens with one attached hydrogen (secondary N) is 2. The quantitative estimate of drug-likeness (QED) is 0.487. The molecule has 0 unspecified atom stereocenters. The van der Waals surface area contributed by atoms with Gasteiger partial charge in [0, 0.05) is 12.1 Å². The lowest BCUT2D eigenvalue weighted by atomic mass is 10.2. The van der Waals surface area contributed by atoms with Gasteiger partial charge in [-0.15, -0.1) is 0 Å². The normalized spacial score (nSPS) is 10.7. The van der Waals surface area contributed by atoms with E-state index in [-0.39, 0.29) is 6.10 Å². The summed E-state index contributed by atoms with van der Waals surface area (Å²) in [6.45, 7) is 6.73. The fourth-order valence-corrected chi connectivity index (χ4v) is 1.51. The minimum Gasteiger partial charge on any atom is -0.490 e. The van der Waals surface area contributed by atoms with Crippen molar-refractivity contribution in [1.29, 1.82) is 0 Å². The molecule has 0 saturated carbocycles. The molecule has 0 aliphatic carbocycles. The van der Waals surface area contributed by atoms with E-state index in [0.717, 1.165) is 17.9 Å². The number of para-hydroxylation sites is 1. The lowest BCUT2D eigenvalue weighted by Gasteiger charge is -2.11. The molecule has 1 aromatic carbocycles. The van der Waals surface area contributed by atoms with Crippen LogP contribution in [-0.4, -0.2) is 24.0 Å². The highest BCUT2D eigenvalue weighted by molar-refractivity contribution is 7.80. The fourth-order valence-electron chi connectivity index (χ4n) is 1.31. The van der Waals surface area contributed by atoms with Gasteiger partial charge in [0.15, 0.2) is 5.11 Å². The molecule has 0 bridgehead atoms. The first-order valence-corrected chi connectivity index (χ1v) is 6.37. The molecule has 0 fully saturated rings. The molecule has 0 aliphatic heterocycles. The summed E-state index contributed by atoms with van der Waals surface area (Å²) in [5.74, 6) is 0.812. The molecule has 0 saturated heterocycles. The fraction of sp³-hybridized carbons (Fsp3) is 0.385. The van der Waals surface area contributed by atoms with Gasteiger partial charge >= 0.3 is 0 Å². The Morgan fingerprint density at radius 2 is 2.17 bits per heavy atom. The largest absolute Gasteiger partial charge is 0.490 e. The van der Waals surface area contributed by atoms with Gasteiger partial charge in [-0.25, -0.2) is 0 Å². The topological polar surface area (TPSA) is 45.7 Å². The van der Waals surface area contributed by atoms with E-state index in [4.69, 9.17) is 17.0 Å². The Morgan fingerprint density at radius 1 is 1.44 bits per heavy atom. The van der Waals surface area contributed by atoms with Gasteiger partial charge in [-0.05, 0) is 45.1 Å². The van der Waals surface area contributed by atoms with Crippen molar-refractivity contribution in [1.82, 2.24) is 10.7 Å². The lowest BCUT2D eigenvalue weighted by molar-refractivity contribution is 0.242. The van der Waals surface area contributed by atoms with E-state index in [2.05, 4.69) is 15.8 Å². The van der Waals surface area contributed by atoms with Crippen molar-refractivity contribution >= 4 is 23.5 Å². The first kappa shape index (κ1) is 14.4. The van der Waals surface area contributed by atoms with Crippen LogP contribution < -0.4 is 15.5 Å². The van der Waals surface area contributed by atoms with Crippen LogP contribution in [0.1, 0.15) is 26.3 Å². The molecule has 0 atom stereocenters. The molecule has 1 aromatic rings. The second kappa shape index (κ2) is 7.66. The van der Waals surface area contributed by atoms with Crippen LogP contribution in [0.5, 0.6) is 5.75 Å². The van der Waals surface area contributed by atoms with E-state index in [1.165, 1.54) is 0 Å². The maximum atomic E-state index is 5.68. The summed E-state index contributed by atoms with van der Waals surface area (Å²) in [6, 6.07) is 7.74. The molecule has 0 spiro atoms. The van der Waals surface area contributed by atoms with Crippen molar-refractivity contribution in [3.05, 3.63) is 29.8 Å². The molecule has 0 aliphatic rings. The average Bonchev–Trinajstić information content (AvgIpc) is 2.31. The Bertz CT molecular complexity index is 418. The van der Waals surface area contributed by atoms with Gasteiger partial charge in [0.2, 0.25) is 0 Å². The average molecular weight is 265 g/mol. The van der Waals surface area contributed by atoms with E-state index >= 15 is 0 Å². The van der Waals surface area contributed by atoms with Gasteiger partial charge in [0.1, 0.15) is 5.75 Å². The summed E-state index contributed by atoms with van der Waals surface area (Å²) in [5, 5.41) is 7.53. The molecular formula is C13H19N3OS. The molecule has 0 heterocycles. The molecule has 0 radical (unpaired) electrons. The zero-order chi connectivity index (χ0) is 13.4. The van der Waals surface area contributed by atoms with Crippen molar-refractivity contribution in [2.75, 3.05) is 6.54 Å². The Kier molecular flexibility index (Phi) is 6.14. The predicted molar refractivity (Wildman–Crippen MR) is 79.2 cm³/mol. The van der Waals surface area contributed by atoms with Crippen LogP contribution in [0.25, 0.3) is 0 Å². The van der Waals surface area contributed by atoms with Crippen molar-refractivity contribution in [2.45, 2.75) is 26.9 Å². The van der Waals surface area contributed by atoms with Crippen LogP contribution in [0.4, 0.5) is 0 Å². The van der Waals surface area contributed by atoms with Crippen molar-refractivity contribution in [3.8, 4) is 5.75 Å². The number of hydrogen-bond donors (Lipinski definition) is 2. The first-order valence-electron chi connectivity index (χ1n) is 5.96. The molecule has 98 valence electrons. The first-order chi connectivity index (χ1) is 8.63. The predicted octanol–water partition coefficient (Wildman–Crippen LogP) is 2.29. The number of benzene rings is 1. The van der Waals surface area contributed by atoms with E-state index in [1.54, 1.807) is 6.21 Å². The van der Waals surface area contributed by atoms with Gasteiger partial charge in [-0.1, -0.05) is 12.1 Å². The third kappa shape index (κ3) is 5.14. The minimum atomic E-state index is 0.135. The summed E-state index contributed by atoms with van der Waals surface area (Å²) >= 11 is 5.00. The summed E-state index contributed by atoms with van der Waals surface area (Å²) in [7, 11) is 0. The Hall–Kier alpha value is -1.62. The molecular weight excluding hydrogens is 246 g/mol. The summed E-state index contributed by atoms with van der Waals surface area (Å²) in [5.41, 5.74) is 3.66. The van der Waals surface area contributed by atoms with E-state index in [1.807, 2.05) is 45.0 Å². The number of nitrogens with zero attached hydrogens (tertiary/aromatic N) is 1. The van der Waals surface area contributed by atoms with E-state index in [0.29, 0.717) is 5.11 Å². The SMILES string of the molecule is CCNC(=S)N/N=C\c1ccccc1OC(C)C. The molecule has 18 heavy (non-hydrogen) atoms. The smallest absolute Gasteiger partial charge is 0.186 e. The van der Waals surface area contributed by atoms with Crippen molar-refractivity contribution in [2.24, 2.45) is 5.10 Å². The molecule has 2 N–H and O–H groups in total. The van der Waals surface area contributed by atoms with Crippen molar-refractivity contribution in [3.63, 3.8) is 0 Å². The summed E-state index contributed by atoms with van der Waals surface area (Å²) in [6.07, 6.45) is 1.83. The van der Waals surface area contributed by atoms with Crippen LogP contribution in [0, 0.1) is 0 Å². The van der Waals surface area contributed by atoms with Gasteiger partial charge in [-0.2, -0.15) is 5.10 Å². The van der Waals surface area contributed by atoms with Crippen LogP contribution in [-0.2, 0) is 0 Å². The van der Waals surface area contributed by atoms with Gasteiger partial charge in [-0.3, -0.25) is 5.43 Å². The maximum Gasteiger partial charge on any atom is 0.186 e. The van der Waals surface area contributed by atoms with Crippen LogP contribution >= 0.6 is 12.2 Å². The number of hydrazone groups is 1. The van der Waals surface area contributed by atoms with Crippen LogP contribution in [0.3, 0.4) is 0 Å². The zero-order valence-corrected chi connectivity index (χ0v) is 11.8. The van der Waals surface area contributed by atoms with Crippen molar-refractivity contribution < 1.29 is 4.74 Å². The zero-order valence-electron chi connectivity index (χ0n) is 10.9. The van der Waals surface area contributed by atoms with Gasteiger partial charge in [0.25, 0.3) is 0 Å². The third-order valence-corrected chi connectivity index (χ3v) is 2.22. The second-order valence-electron chi connectivity index (χ2n) is 3.93. The van der Waals surface area contributed by atoms with E-state index in [9.17, 15) is 0 Å². The van der Waals surface area contributed by atoms with Crippen LogP contribution in [0.2, 0.25) is 0 Å². The number of thiocarbonyl (C=S) groups is 1. The number of hydrogen-bond acceptors (Lipinski definition) is 3. The molecule has 0 aromatic heterocycles. The third-order valence-electron chi connectivity index (χ3n) is 1.99. The lowest BCUT2D eigenvalue weighted by Crippen LogP contribution is -2.31.